The zero-order chi connectivity index (χ0) is 15.8. The van der Waals surface area contributed by atoms with E-state index in [1.54, 1.807) is 0 Å². The van der Waals surface area contributed by atoms with Crippen LogP contribution in [0.25, 0.3) is 0 Å². The topological polar surface area (TPSA) is 115 Å². The van der Waals surface area contributed by atoms with E-state index in [9.17, 15) is 22.4 Å². The number of hydrogen-bond acceptors (Lipinski definition) is 4. The van der Waals surface area contributed by atoms with Gasteiger partial charge in [0.25, 0.3) is 5.56 Å². The summed E-state index contributed by atoms with van der Waals surface area (Å²) in [4.78, 5) is 24.1. The zero-order valence-corrected chi connectivity index (χ0v) is 11.9. The summed E-state index contributed by atoms with van der Waals surface area (Å²) in [5.41, 5.74) is -1.75. The fraction of sp³-hybridized carbons (Fsp3) is 0.0909. The Morgan fingerprint density at radius 3 is 2.62 bits per heavy atom. The Balaban J connectivity index is 2.58. The van der Waals surface area contributed by atoms with E-state index in [4.69, 9.17) is 16.7 Å². The first-order valence-electron chi connectivity index (χ1n) is 5.49. The van der Waals surface area contributed by atoms with Gasteiger partial charge in [-0.3, -0.25) is 14.3 Å². The Morgan fingerprint density at radius 1 is 1.33 bits per heavy atom. The van der Waals surface area contributed by atoms with Gasteiger partial charge in [0.05, 0.1) is 11.6 Å². The van der Waals surface area contributed by atoms with Gasteiger partial charge in [0.1, 0.15) is 5.82 Å². The molecule has 0 saturated carbocycles. The van der Waals surface area contributed by atoms with Gasteiger partial charge in [0.2, 0.25) is 10.0 Å². The van der Waals surface area contributed by atoms with Gasteiger partial charge in [-0.25, -0.2) is 22.7 Å². The maximum Gasteiger partial charge on any atom is 0.328 e. The summed E-state index contributed by atoms with van der Waals surface area (Å²) < 4.78 is 36.7. The normalized spacial score (nSPS) is 11.6. The molecule has 0 atom stereocenters. The van der Waals surface area contributed by atoms with Gasteiger partial charge < -0.3 is 0 Å². The summed E-state index contributed by atoms with van der Waals surface area (Å²) in [5.74, 6) is -0.682. The number of rotatable bonds is 3. The highest BCUT2D eigenvalue weighted by atomic mass is 35.5. The molecule has 0 saturated heterocycles. The third kappa shape index (κ3) is 3.20. The Labute approximate surface area is 122 Å². The summed E-state index contributed by atoms with van der Waals surface area (Å²) in [5, 5.41) is 4.67. The van der Waals surface area contributed by atoms with Crippen LogP contribution in [0.2, 0.25) is 5.02 Å². The lowest BCUT2D eigenvalue weighted by atomic mass is 10.2. The van der Waals surface area contributed by atoms with Crippen LogP contribution in [-0.4, -0.2) is 18.0 Å². The van der Waals surface area contributed by atoms with Crippen LogP contribution in [0, 0.1) is 5.82 Å². The number of aromatic nitrogens is 2. The molecule has 0 radical (unpaired) electrons. The fourth-order valence-electron chi connectivity index (χ4n) is 1.66. The number of sulfonamides is 1. The van der Waals surface area contributed by atoms with E-state index in [2.05, 4.69) is 0 Å². The third-order valence-corrected chi connectivity index (χ3v) is 3.98. The molecule has 1 heterocycles. The zero-order valence-electron chi connectivity index (χ0n) is 10.3. The highest BCUT2D eigenvalue weighted by molar-refractivity contribution is 7.89. The first-order valence-corrected chi connectivity index (χ1v) is 7.42. The Morgan fingerprint density at radius 2 is 2.00 bits per heavy atom. The lowest BCUT2D eigenvalue weighted by molar-refractivity contribution is 0.590. The molecule has 10 heteroatoms. The highest BCUT2D eigenvalue weighted by Crippen LogP contribution is 2.20. The molecular weight excluding hydrogens is 325 g/mol. The molecular formula is C11H9ClFN3O4S. The summed E-state index contributed by atoms with van der Waals surface area (Å²) in [6.07, 6.45) is 0.789. The second kappa shape index (κ2) is 5.43. The number of nitrogens with zero attached hydrogens (tertiary/aromatic N) is 1. The quantitative estimate of drug-likeness (QED) is 0.824. The molecule has 0 fully saturated rings. The van der Waals surface area contributed by atoms with Crippen molar-refractivity contribution in [3.05, 3.63) is 61.6 Å². The van der Waals surface area contributed by atoms with Gasteiger partial charge in [-0.1, -0.05) is 23.7 Å². The molecule has 1 aromatic carbocycles. The summed E-state index contributed by atoms with van der Waals surface area (Å²) in [6, 6.07) is 3.98. The number of benzene rings is 1. The minimum absolute atomic E-state index is 0.201. The van der Waals surface area contributed by atoms with E-state index < -0.39 is 32.0 Å². The Kier molecular flexibility index (Phi) is 3.99. The van der Waals surface area contributed by atoms with E-state index in [0.29, 0.717) is 0 Å². The molecule has 2 aromatic rings. The van der Waals surface area contributed by atoms with Crippen molar-refractivity contribution in [3.63, 3.8) is 0 Å². The average Bonchev–Trinajstić information content (AvgIpc) is 2.36. The Hall–Kier alpha value is -1.97. The van der Waals surface area contributed by atoms with Crippen LogP contribution in [0.15, 0.2) is 38.9 Å². The third-order valence-electron chi connectivity index (χ3n) is 2.66. The fourth-order valence-corrected chi connectivity index (χ4v) is 2.43. The van der Waals surface area contributed by atoms with Crippen molar-refractivity contribution in [2.24, 2.45) is 5.14 Å². The molecule has 0 unspecified atom stereocenters. The minimum atomic E-state index is -4.29. The maximum atomic E-state index is 13.3. The molecule has 3 N–H and O–H groups in total. The predicted molar refractivity (Wildman–Crippen MR) is 73.2 cm³/mol. The van der Waals surface area contributed by atoms with Crippen LogP contribution in [0.3, 0.4) is 0 Å². The smallest absolute Gasteiger partial charge is 0.295 e. The van der Waals surface area contributed by atoms with Crippen molar-refractivity contribution in [2.45, 2.75) is 11.4 Å². The molecule has 0 amide bonds. The van der Waals surface area contributed by atoms with E-state index in [1.807, 2.05) is 4.98 Å². The van der Waals surface area contributed by atoms with Crippen LogP contribution in [0.1, 0.15) is 5.56 Å². The molecule has 2 rings (SSSR count). The molecule has 0 bridgehead atoms. The summed E-state index contributed by atoms with van der Waals surface area (Å²) in [7, 11) is -4.29. The largest absolute Gasteiger partial charge is 0.328 e. The van der Waals surface area contributed by atoms with E-state index in [1.165, 1.54) is 12.1 Å². The molecule has 112 valence electrons. The van der Waals surface area contributed by atoms with Gasteiger partial charge in [0, 0.05) is 6.20 Å². The maximum absolute atomic E-state index is 13.3. The lowest BCUT2D eigenvalue weighted by Crippen LogP contribution is -2.34. The van der Waals surface area contributed by atoms with Crippen molar-refractivity contribution in [3.8, 4) is 0 Å². The van der Waals surface area contributed by atoms with Crippen molar-refractivity contribution in [1.82, 2.24) is 9.55 Å². The molecule has 0 aliphatic rings. The van der Waals surface area contributed by atoms with Crippen LogP contribution >= 0.6 is 11.6 Å². The van der Waals surface area contributed by atoms with Crippen LogP contribution in [0.4, 0.5) is 4.39 Å². The number of hydrogen-bond donors (Lipinski definition) is 2. The SMILES string of the molecule is NS(=O)(=O)c1cn(Cc2cccc(F)c2Cl)c(=O)[nH]c1=O. The standard InChI is InChI=1S/C11H9ClFN3O4S/c12-9-6(2-1-3-7(9)13)4-16-5-8(21(14,19)20)10(17)15-11(16)18/h1-3,5H,4H2,(H2,14,19,20)(H,15,17,18). The molecule has 0 aliphatic heterocycles. The van der Waals surface area contributed by atoms with E-state index in [-0.39, 0.29) is 17.1 Å². The number of H-pyrrole nitrogens is 1. The van der Waals surface area contributed by atoms with Crippen LogP contribution in [-0.2, 0) is 16.6 Å². The molecule has 0 spiro atoms. The van der Waals surface area contributed by atoms with Crippen molar-refractivity contribution >= 4 is 21.6 Å². The lowest BCUT2D eigenvalue weighted by Gasteiger charge is -2.08. The Bertz CT molecular complexity index is 920. The number of primary sulfonamides is 1. The summed E-state index contributed by atoms with van der Waals surface area (Å²) >= 11 is 5.75. The van der Waals surface area contributed by atoms with Crippen molar-refractivity contribution in [1.29, 1.82) is 0 Å². The minimum Gasteiger partial charge on any atom is -0.295 e. The molecule has 7 nitrogen and oxygen atoms in total. The van der Waals surface area contributed by atoms with Crippen molar-refractivity contribution < 1.29 is 12.8 Å². The van der Waals surface area contributed by atoms with Gasteiger partial charge in [-0.05, 0) is 11.6 Å². The highest BCUT2D eigenvalue weighted by Gasteiger charge is 2.16. The van der Waals surface area contributed by atoms with Gasteiger partial charge in [-0.15, -0.1) is 0 Å². The van der Waals surface area contributed by atoms with Gasteiger partial charge >= 0.3 is 5.69 Å². The summed E-state index contributed by atoms with van der Waals surface area (Å²) in [6.45, 7) is -0.227. The second-order valence-electron chi connectivity index (χ2n) is 4.14. The number of nitrogens with two attached hydrogens (primary N) is 1. The predicted octanol–water partition coefficient (Wildman–Crippen LogP) is 0.0248. The monoisotopic (exact) mass is 333 g/mol. The number of aromatic amines is 1. The average molecular weight is 334 g/mol. The van der Waals surface area contributed by atoms with Gasteiger partial charge in [0.15, 0.2) is 4.90 Å². The number of nitrogens with one attached hydrogen (secondary N) is 1. The van der Waals surface area contributed by atoms with E-state index >= 15 is 0 Å². The number of halogens is 2. The first-order chi connectivity index (χ1) is 9.70. The molecule has 21 heavy (non-hydrogen) atoms. The first kappa shape index (κ1) is 15.4. The molecule has 1 aromatic heterocycles. The van der Waals surface area contributed by atoms with Crippen LogP contribution in [0.5, 0.6) is 0 Å². The van der Waals surface area contributed by atoms with E-state index in [0.717, 1.165) is 16.8 Å². The van der Waals surface area contributed by atoms with Crippen molar-refractivity contribution in [2.75, 3.05) is 0 Å². The molecule has 0 aliphatic carbocycles. The van der Waals surface area contributed by atoms with Crippen LogP contribution < -0.4 is 16.4 Å². The van der Waals surface area contributed by atoms with Gasteiger partial charge in [-0.2, -0.15) is 0 Å². The second-order valence-corrected chi connectivity index (χ2v) is 6.05.